The number of carbonyl (C=O) groups excluding carboxylic acids is 1. The van der Waals surface area contributed by atoms with Gasteiger partial charge >= 0.3 is 5.97 Å². The second kappa shape index (κ2) is 5.79. The summed E-state index contributed by atoms with van der Waals surface area (Å²) in [6.07, 6.45) is 4.16. The zero-order valence-electron chi connectivity index (χ0n) is 16.0. The van der Waals surface area contributed by atoms with Crippen molar-refractivity contribution in [2.45, 2.75) is 57.5 Å². The Morgan fingerprint density at radius 2 is 1.79 bits per heavy atom. The summed E-state index contributed by atoms with van der Waals surface area (Å²) in [5.41, 5.74) is -0.553. The number of hydrogen-bond acceptors (Lipinski definition) is 3. The summed E-state index contributed by atoms with van der Waals surface area (Å²) >= 11 is 12.8. The maximum Gasteiger partial charge on any atom is 0.309 e. The van der Waals surface area contributed by atoms with Gasteiger partial charge in [0.05, 0.1) is 27.2 Å². The van der Waals surface area contributed by atoms with Crippen molar-refractivity contribution in [1.29, 1.82) is 0 Å². The van der Waals surface area contributed by atoms with E-state index in [1.807, 2.05) is 36.0 Å². The van der Waals surface area contributed by atoms with Gasteiger partial charge in [-0.05, 0) is 75.8 Å². The predicted molar refractivity (Wildman–Crippen MR) is 107 cm³/mol. The van der Waals surface area contributed by atoms with Crippen LogP contribution in [0.4, 0.5) is 5.69 Å². The Kier molecular flexibility index (Phi) is 3.84. The van der Waals surface area contributed by atoms with Gasteiger partial charge in [-0.15, -0.1) is 0 Å². The number of carboxylic acid groups (broad SMARTS) is 1. The Morgan fingerprint density at radius 3 is 2.39 bits per heavy atom. The Bertz CT molecular complexity index is 870. The average molecular weight is 423 g/mol. The van der Waals surface area contributed by atoms with E-state index in [0.29, 0.717) is 28.8 Å². The molecule has 28 heavy (non-hydrogen) atoms. The molecular weight excluding hydrogens is 399 g/mol. The molecule has 1 saturated heterocycles. The van der Waals surface area contributed by atoms with Crippen molar-refractivity contribution in [2.75, 3.05) is 5.01 Å². The third-order valence-corrected chi connectivity index (χ3v) is 8.40. The van der Waals surface area contributed by atoms with E-state index in [1.54, 1.807) is 6.07 Å². The summed E-state index contributed by atoms with van der Waals surface area (Å²) in [7, 11) is 0. The van der Waals surface area contributed by atoms with Gasteiger partial charge in [-0.1, -0.05) is 29.3 Å². The first-order chi connectivity index (χ1) is 13.2. The normalized spacial score (nSPS) is 37.9. The van der Waals surface area contributed by atoms with Crippen LogP contribution in [0.5, 0.6) is 0 Å². The minimum atomic E-state index is -0.701. The van der Waals surface area contributed by atoms with E-state index in [2.05, 4.69) is 0 Å². The summed E-state index contributed by atoms with van der Waals surface area (Å²) < 4.78 is 0. The molecule has 0 spiro atoms. The Morgan fingerprint density at radius 1 is 1.14 bits per heavy atom. The maximum absolute atomic E-state index is 13.2. The van der Waals surface area contributed by atoms with Crippen LogP contribution in [0.3, 0.4) is 0 Å². The van der Waals surface area contributed by atoms with Gasteiger partial charge < -0.3 is 5.11 Å². The van der Waals surface area contributed by atoms with Crippen molar-refractivity contribution in [1.82, 2.24) is 5.01 Å². The first kappa shape index (κ1) is 18.6. The van der Waals surface area contributed by atoms with Gasteiger partial charge in [0.2, 0.25) is 0 Å². The van der Waals surface area contributed by atoms with E-state index < -0.39 is 16.9 Å². The smallest absolute Gasteiger partial charge is 0.309 e. The van der Waals surface area contributed by atoms with E-state index in [9.17, 15) is 14.7 Å². The molecule has 7 heteroatoms. The first-order valence-corrected chi connectivity index (χ1v) is 10.7. The molecule has 5 fully saturated rings. The van der Waals surface area contributed by atoms with Crippen molar-refractivity contribution in [3.8, 4) is 0 Å². The van der Waals surface area contributed by atoms with Crippen LogP contribution in [0.1, 0.15) is 46.0 Å². The molecule has 0 radical (unpaired) electrons. The molecule has 4 bridgehead atoms. The lowest BCUT2D eigenvalue weighted by Crippen LogP contribution is -2.80. The van der Waals surface area contributed by atoms with Crippen LogP contribution in [0.15, 0.2) is 18.2 Å². The molecule has 1 aromatic carbocycles. The Hall–Kier alpha value is -1.46. The number of rotatable bonds is 3. The number of carboxylic acids is 1. The minimum Gasteiger partial charge on any atom is -0.481 e. The van der Waals surface area contributed by atoms with E-state index in [1.165, 1.54) is 0 Å². The highest BCUT2D eigenvalue weighted by atomic mass is 35.5. The van der Waals surface area contributed by atoms with Crippen LogP contribution in [0.2, 0.25) is 10.0 Å². The van der Waals surface area contributed by atoms with Crippen molar-refractivity contribution in [3.05, 3.63) is 28.2 Å². The van der Waals surface area contributed by atoms with Gasteiger partial charge in [-0.2, -0.15) is 0 Å². The van der Waals surface area contributed by atoms with Gasteiger partial charge in [-0.3, -0.25) is 14.6 Å². The molecule has 1 N–H and O–H groups in total. The van der Waals surface area contributed by atoms with Gasteiger partial charge in [0.1, 0.15) is 5.54 Å². The third kappa shape index (κ3) is 2.26. The van der Waals surface area contributed by atoms with Crippen LogP contribution < -0.4 is 5.01 Å². The highest BCUT2D eigenvalue weighted by Gasteiger charge is 2.65. The topological polar surface area (TPSA) is 60.9 Å². The predicted octanol–water partition coefficient (Wildman–Crippen LogP) is 4.62. The number of anilines is 1. The largest absolute Gasteiger partial charge is 0.481 e. The van der Waals surface area contributed by atoms with Gasteiger partial charge in [0.25, 0.3) is 5.91 Å². The summed E-state index contributed by atoms with van der Waals surface area (Å²) in [4.78, 5) is 25.2. The van der Waals surface area contributed by atoms with E-state index >= 15 is 0 Å². The number of carbonyl (C=O) groups is 2. The first-order valence-electron chi connectivity index (χ1n) is 9.97. The monoisotopic (exact) mass is 422 g/mol. The molecule has 0 aromatic heterocycles. The minimum absolute atomic E-state index is 0.0413. The number of hydrogen-bond donors (Lipinski definition) is 1. The molecule has 2 unspecified atom stereocenters. The number of hydrazine groups is 1. The molecule has 1 aliphatic heterocycles. The maximum atomic E-state index is 13.2. The molecule has 5 atom stereocenters. The van der Waals surface area contributed by atoms with Crippen LogP contribution >= 0.6 is 23.2 Å². The highest BCUT2D eigenvalue weighted by Crippen LogP contribution is 2.62. The molecule has 1 amide bonds. The number of benzene rings is 1. The second-order valence-electron chi connectivity index (χ2n) is 9.64. The molecule has 5 nitrogen and oxygen atoms in total. The fraction of sp³-hybridized carbons (Fsp3) is 0.619. The summed E-state index contributed by atoms with van der Waals surface area (Å²) in [6.45, 7) is 3.80. The Labute approximate surface area is 174 Å². The SMILES string of the molecule is CC1(C)C(=O)N([C@@H]2C3CC4C[C@H]2C[C@](C(=O)O)(C4)C3)N1c1cccc(Cl)c1Cl. The molecule has 4 aliphatic carbocycles. The third-order valence-electron chi connectivity index (χ3n) is 7.60. The molecule has 5 aliphatic rings. The second-order valence-corrected chi connectivity index (χ2v) is 10.4. The lowest BCUT2D eigenvalue weighted by molar-refractivity contribution is -0.187. The summed E-state index contributed by atoms with van der Waals surface area (Å²) in [5.74, 6) is 0.337. The fourth-order valence-corrected chi connectivity index (χ4v) is 7.06. The molecule has 4 saturated carbocycles. The van der Waals surface area contributed by atoms with Crippen LogP contribution in [0, 0.1) is 23.2 Å². The van der Waals surface area contributed by atoms with Gasteiger partial charge in [0, 0.05) is 0 Å². The van der Waals surface area contributed by atoms with Crippen LogP contribution in [-0.4, -0.2) is 33.6 Å². The fourth-order valence-electron chi connectivity index (χ4n) is 6.69. The van der Waals surface area contributed by atoms with Crippen LogP contribution in [0.25, 0.3) is 0 Å². The van der Waals surface area contributed by atoms with Crippen molar-refractivity contribution in [2.24, 2.45) is 23.2 Å². The number of aliphatic carboxylic acids is 1. The lowest BCUT2D eigenvalue weighted by Gasteiger charge is -2.67. The van der Waals surface area contributed by atoms with Crippen LogP contribution in [-0.2, 0) is 9.59 Å². The molecule has 1 heterocycles. The Balaban J connectivity index is 1.53. The van der Waals surface area contributed by atoms with Gasteiger partial charge in [0.15, 0.2) is 0 Å². The number of halogens is 2. The number of amides is 1. The quantitative estimate of drug-likeness (QED) is 0.771. The summed E-state index contributed by atoms with van der Waals surface area (Å²) in [5, 5.41) is 14.7. The molecule has 150 valence electrons. The summed E-state index contributed by atoms with van der Waals surface area (Å²) in [6, 6.07) is 5.52. The standard InChI is InChI=1S/C21H24Cl2N2O3/c1-20(2)18(26)24(25(20)15-5-3-4-14(22)16(15)23)17-12-6-11-7-13(17)10-21(8-11,9-12)19(27)28/h3-5,11-13,17H,6-10H2,1-2H3,(H,27,28)/t11?,12-,13?,17-,21+/m0/s1. The zero-order valence-corrected chi connectivity index (χ0v) is 17.5. The zero-order chi connectivity index (χ0) is 20.0. The lowest BCUT2D eigenvalue weighted by atomic mass is 9.47. The van der Waals surface area contributed by atoms with Crippen molar-refractivity contribution < 1.29 is 14.7 Å². The van der Waals surface area contributed by atoms with E-state index in [-0.39, 0.29) is 23.8 Å². The molecule has 1 aromatic rings. The van der Waals surface area contributed by atoms with E-state index in [0.717, 1.165) is 24.9 Å². The molecule has 6 rings (SSSR count). The van der Waals surface area contributed by atoms with Crippen molar-refractivity contribution >= 4 is 40.8 Å². The van der Waals surface area contributed by atoms with Crippen molar-refractivity contribution in [3.63, 3.8) is 0 Å². The van der Waals surface area contributed by atoms with Gasteiger partial charge in [-0.25, -0.2) is 5.01 Å². The number of nitrogens with zero attached hydrogens (tertiary/aromatic N) is 2. The molecular formula is C21H24Cl2N2O3. The van der Waals surface area contributed by atoms with E-state index in [4.69, 9.17) is 23.2 Å². The highest BCUT2D eigenvalue weighted by molar-refractivity contribution is 6.43. The average Bonchev–Trinajstić information content (AvgIpc) is 2.62.